The molecule has 1 aliphatic carbocycles. The predicted octanol–water partition coefficient (Wildman–Crippen LogP) is 3.41. The van der Waals surface area contributed by atoms with Crippen molar-refractivity contribution in [3.8, 4) is 0 Å². The van der Waals surface area contributed by atoms with E-state index in [2.05, 4.69) is 17.1 Å². The van der Waals surface area contributed by atoms with Crippen molar-refractivity contribution in [1.82, 2.24) is 4.98 Å². The van der Waals surface area contributed by atoms with Crippen molar-refractivity contribution in [3.63, 3.8) is 0 Å². The van der Waals surface area contributed by atoms with Gasteiger partial charge in [0.05, 0.1) is 5.56 Å². The summed E-state index contributed by atoms with van der Waals surface area (Å²) in [6.07, 6.45) is 1.85. The number of oxazole rings is 1. The normalized spacial score (nSPS) is 14.5. The summed E-state index contributed by atoms with van der Waals surface area (Å²) in [5, 5.41) is 9.02. The molecule has 0 spiro atoms. The third kappa shape index (κ3) is 2.00. The second kappa shape index (κ2) is 4.45. The first kappa shape index (κ1) is 12.1. The van der Waals surface area contributed by atoms with Gasteiger partial charge in [-0.15, -0.1) is 0 Å². The van der Waals surface area contributed by atoms with Crippen molar-refractivity contribution in [1.29, 1.82) is 0 Å². The SMILES string of the molecule is O=C(O)c1ccc2oc(C3Cc4ccccc4C3)nc2c1. The van der Waals surface area contributed by atoms with Crippen molar-refractivity contribution in [3.05, 3.63) is 65.0 Å². The summed E-state index contributed by atoms with van der Waals surface area (Å²) in [6, 6.07) is 13.2. The maximum Gasteiger partial charge on any atom is 0.335 e. The van der Waals surface area contributed by atoms with Gasteiger partial charge in [-0.2, -0.15) is 0 Å². The summed E-state index contributed by atoms with van der Waals surface area (Å²) in [5.74, 6) is -0.0125. The minimum absolute atomic E-state index is 0.233. The van der Waals surface area contributed by atoms with Crippen LogP contribution in [0.3, 0.4) is 0 Å². The van der Waals surface area contributed by atoms with E-state index in [1.165, 1.54) is 11.1 Å². The Morgan fingerprint density at radius 2 is 1.86 bits per heavy atom. The molecule has 4 nitrogen and oxygen atoms in total. The molecule has 4 heteroatoms. The van der Waals surface area contributed by atoms with Gasteiger partial charge >= 0.3 is 5.97 Å². The molecular weight excluding hydrogens is 266 g/mol. The Labute approximate surface area is 121 Å². The van der Waals surface area contributed by atoms with E-state index in [1.54, 1.807) is 18.2 Å². The maximum atomic E-state index is 11.0. The average molecular weight is 279 g/mol. The zero-order chi connectivity index (χ0) is 14.4. The Hall–Kier alpha value is -2.62. The lowest BCUT2D eigenvalue weighted by Crippen LogP contribution is -1.97. The summed E-state index contributed by atoms with van der Waals surface area (Å²) in [4.78, 5) is 15.5. The van der Waals surface area contributed by atoms with Crippen LogP contribution in [0.2, 0.25) is 0 Å². The van der Waals surface area contributed by atoms with Crippen LogP contribution in [0.25, 0.3) is 11.1 Å². The number of benzene rings is 2. The molecule has 0 atom stereocenters. The number of carbonyl (C=O) groups is 1. The van der Waals surface area contributed by atoms with Crippen LogP contribution in [-0.4, -0.2) is 16.1 Å². The summed E-state index contributed by atoms with van der Waals surface area (Å²) < 4.78 is 5.81. The fourth-order valence-electron chi connectivity index (χ4n) is 2.99. The number of carboxylic acid groups (broad SMARTS) is 1. The zero-order valence-corrected chi connectivity index (χ0v) is 11.2. The maximum absolute atomic E-state index is 11.0. The topological polar surface area (TPSA) is 63.3 Å². The molecular formula is C17H13NO3. The quantitative estimate of drug-likeness (QED) is 0.780. The minimum atomic E-state index is -0.949. The average Bonchev–Trinajstić information content (AvgIpc) is 3.09. The van der Waals surface area contributed by atoms with Gasteiger partial charge in [-0.05, 0) is 42.2 Å². The van der Waals surface area contributed by atoms with Crippen molar-refractivity contribution in [2.45, 2.75) is 18.8 Å². The molecule has 0 radical (unpaired) electrons. The summed E-state index contributed by atoms with van der Waals surface area (Å²) >= 11 is 0. The van der Waals surface area contributed by atoms with Crippen molar-refractivity contribution in [2.24, 2.45) is 0 Å². The molecule has 3 aromatic rings. The highest BCUT2D eigenvalue weighted by Gasteiger charge is 2.26. The second-order valence-corrected chi connectivity index (χ2v) is 5.41. The lowest BCUT2D eigenvalue weighted by atomic mass is 10.1. The van der Waals surface area contributed by atoms with Gasteiger partial charge < -0.3 is 9.52 Å². The van der Waals surface area contributed by atoms with E-state index in [0.29, 0.717) is 17.0 Å². The Bertz CT molecular complexity index is 825. The molecule has 2 aromatic carbocycles. The number of rotatable bonds is 2. The highest BCUT2D eigenvalue weighted by molar-refractivity contribution is 5.91. The van der Waals surface area contributed by atoms with Gasteiger partial charge in [-0.1, -0.05) is 24.3 Å². The summed E-state index contributed by atoms with van der Waals surface area (Å²) in [5.41, 5.74) is 4.18. The zero-order valence-electron chi connectivity index (χ0n) is 11.2. The van der Waals surface area contributed by atoms with Crippen molar-refractivity contribution in [2.75, 3.05) is 0 Å². The van der Waals surface area contributed by atoms with Crippen LogP contribution in [0.5, 0.6) is 0 Å². The molecule has 4 rings (SSSR count). The van der Waals surface area contributed by atoms with Gasteiger partial charge in [0.15, 0.2) is 11.5 Å². The van der Waals surface area contributed by atoms with Crippen LogP contribution in [0.4, 0.5) is 0 Å². The van der Waals surface area contributed by atoms with E-state index in [1.807, 2.05) is 12.1 Å². The van der Waals surface area contributed by atoms with Crippen LogP contribution in [0.15, 0.2) is 46.9 Å². The van der Waals surface area contributed by atoms with Crippen molar-refractivity contribution >= 4 is 17.1 Å². The van der Waals surface area contributed by atoms with E-state index in [-0.39, 0.29) is 11.5 Å². The Morgan fingerprint density at radius 1 is 1.14 bits per heavy atom. The summed E-state index contributed by atoms with van der Waals surface area (Å²) in [7, 11) is 0. The first-order chi connectivity index (χ1) is 10.2. The predicted molar refractivity (Wildman–Crippen MR) is 77.6 cm³/mol. The van der Waals surface area contributed by atoms with E-state index < -0.39 is 5.97 Å². The van der Waals surface area contributed by atoms with Crippen molar-refractivity contribution < 1.29 is 14.3 Å². The number of carboxylic acids is 1. The molecule has 1 aromatic heterocycles. The van der Waals surface area contributed by atoms with Gasteiger partial charge in [-0.25, -0.2) is 9.78 Å². The first-order valence-electron chi connectivity index (χ1n) is 6.91. The van der Waals surface area contributed by atoms with E-state index in [0.717, 1.165) is 12.8 Å². The molecule has 0 fully saturated rings. The first-order valence-corrected chi connectivity index (χ1v) is 6.91. The number of fused-ring (bicyclic) bond motifs is 2. The van der Waals surface area contributed by atoms with Crippen LogP contribution in [0.1, 0.15) is 33.3 Å². The number of aromatic carboxylic acids is 1. The summed E-state index contributed by atoms with van der Waals surface area (Å²) in [6.45, 7) is 0. The number of hydrogen-bond acceptors (Lipinski definition) is 3. The Balaban J connectivity index is 1.71. The molecule has 0 saturated carbocycles. The van der Waals surface area contributed by atoms with Gasteiger partial charge in [0.2, 0.25) is 0 Å². The van der Waals surface area contributed by atoms with E-state index in [9.17, 15) is 4.79 Å². The second-order valence-electron chi connectivity index (χ2n) is 5.41. The molecule has 0 amide bonds. The van der Waals surface area contributed by atoms with Gasteiger partial charge in [0.1, 0.15) is 5.52 Å². The number of nitrogens with zero attached hydrogens (tertiary/aromatic N) is 1. The lowest BCUT2D eigenvalue weighted by molar-refractivity contribution is 0.0697. The minimum Gasteiger partial charge on any atom is -0.478 e. The Morgan fingerprint density at radius 3 is 2.52 bits per heavy atom. The fraction of sp³-hybridized carbons (Fsp3) is 0.176. The highest BCUT2D eigenvalue weighted by Crippen LogP contribution is 2.34. The Kier molecular flexibility index (Phi) is 2.57. The molecule has 1 N–H and O–H groups in total. The molecule has 0 aliphatic heterocycles. The highest BCUT2D eigenvalue weighted by atomic mass is 16.4. The van der Waals surface area contributed by atoms with Gasteiger partial charge in [0, 0.05) is 5.92 Å². The van der Waals surface area contributed by atoms with Crippen LogP contribution >= 0.6 is 0 Å². The molecule has 0 unspecified atom stereocenters. The number of aromatic nitrogens is 1. The van der Waals surface area contributed by atoms with Crippen LogP contribution < -0.4 is 0 Å². The molecule has 1 heterocycles. The third-order valence-electron chi connectivity index (χ3n) is 4.05. The lowest BCUT2D eigenvalue weighted by Gasteiger charge is -2.01. The van der Waals surface area contributed by atoms with E-state index >= 15 is 0 Å². The van der Waals surface area contributed by atoms with Crippen LogP contribution in [0, 0.1) is 0 Å². The number of hydrogen-bond donors (Lipinski definition) is 1. The molecule has 104 valence electrons. The van der Waals surface area contributed by atoms with Gasteiger partial charge in [-0.3, -0.25) is 0 Å². The van der Waals surface area contributed by atoms with Crippen LogP contribution in [-0.2, 0) is 12.8 Å². The molecule has 0 saturated heterocycles. The molecule has 0 bridgehead atoms. The molecule has 21 heavy (non-hydrogen) atoms. The molecule has 1 aliphatic rings. The standard InChI is InChI=1S/C17H13NO3/c19-17(20)12-5-6-15-14(9-12)18-16(21-15)13-7-10-3-1-2-4-11(10)8-13/h1-6,9,13H,7-8H2,(H,19,20). The van der Waals surface area contributed by atoms with Gasteiger partial charge in [0.25, 0.3) is 0 Å². The monoisotopic (exact) mass is 279 g/mol. The smallest absolute Gasteiger partial charge is 0.335 e. The fourth-order valence-corrected chi connectivity index (χ4v) is 2.99. The van der Waals surface area contributed by atoms with E-state index in [4.69, 9.17) is 9.52 Å². The largest absolute Gasteiger partial charge is 0.478 e. The third-order valence-corrected chi connectivity index (χ3v) is 4.05.